The second-order valence-electron chi connectivity index (χ2n) is 6.60. The first-order valence-electron chi connectivity index (χ1n) is 9.43. The molecule has 0 heterocycles. The zero-order valence-corrected chi connectivity index (χ0v) is 15.5. The highest BCUT2D eigenvalue weighted by Gasteiger charge is 2.30. The van der Waals surface area contributed by atoms with Gasteiger partial charge in [-0.2, -0.15) is 0 Å². The number of esters is 1. The number of para-hydroxylation sites is 1. The van der Waals surface area contributed by atoms with E-state index in [0.29, 0.717) is 18.6 Å². The zero-order chi connectivity index (χ0) is 19.1. The lowest BCUT2D eigenvalue weighted by Crippen LogP contribution is -2.33. The lowest BCUT2D eigenvalue weighted by Gasteiger charge is -2.18. The van der Waals surface area contributed by atoms with Crippen LogP contribution < -0.4 is 10.1 Å². The van der Waals surface area contributed by atoms with Crippen molar-refractivity contribution in [2.45, 2.75) is 44.8 Å². The summed E-state index contributed by atoms with van der Waals surface area (Å²) >= 11 is 0. The van der Waals surface area contributed by atoms with Crippen molar-refractivity contribution in [3.63, 3.8) is 0 Å². The fourth-order valence-electron chi connectivity index (χ4n) is 2.84. The van der Waals surface area contributed by atoms with Gasteiger partial charge in [-0.3, -0.25) is 9.59 Å². The van der Waals surface area contributed by atoms with Crippen LogP contribution in [0.5, 0.6) is 5.75 Å². The molecule has 0 saturated heterocycles. The lowest BCUT2D eigenvalue weighted by molar-refractivity contribution is -0.156. The summed E-state index contributed by atoms with van der Waals surface area (Å²) in [7, 11) is 0. The quantitative estimate of drug-likeness (QED) is 0.688. The average Bonchev–Trinajstić information content (AvgIpc) is 3.50. The molecular weight excluding hydrogens is 342 g/mol. The number of carbonyl (C=O) groups is 2. The summed E-state index contributed by atoms with van der Waals surface area (Å²) in [6.07, 6.45) is 1.73. The van der Waals surface area contributed by atoms with Crippen molar-refractivity contribution in [2.75, 3.05) is 6.61 Å². The molecule has 2 aromatic rings. The van der Waals surface area contributed by atoms with Crippen LogP contribution in [-0.2, 0) is 20.7 Å². The van der Waals surface area contributed by atoms with Crippen LogP contribution in [0.25, 0.3) is 0 Å². The van der Waals surface area contributed by atoms with Crippen LogP contribution in [0, 0.1) is 0 Å². The molecule has 142 valence electrons. The molecule has 0 aliphatic heterocycles. The zero-order valence-electron chi connectivity index (χ0n) is 15.5. The molecule has 1 aliphatic carbocycles. The number of hydrogen-bond donors (Lipinski definition) is 1. The largest absolute Gasteiger partial charge is 0.494 e. The van der Waals surface area contributed by atoms with Gasteiger partial charge in [-0.15, -0.1) is 0 Å². The minimum absolute atomic E-state index is 0.185. The van der Waals surface area contributed by atoms with Crippen LogP contribution in [0.4, 0.5) is 0 Å². The molecule has 1 saturated carbocycles. The van der Waals surface area contributed by atoms with E-state index in [1.807, 2.05) is 49.4 Å². The molecule has 0 aromatic heterocycles. The van der Waals surface area contributed by atoms with Crippen LogP contribution >= 0.6 is 0 Å². The molecule has 1 amide bonds. The highest BCUT2D eigenvalue weighted by molar-refractivity contribution is 5.85. The average molecular weight is 367 g/mol. The van der Waals surface area contributed by atoms with E-state index in [0.717, 1.165) is 24.2 Å². The maximum absolute atomic E-state index is 12.5. The molecule has 2 aromatic carbocycles. The number of aryl methyl sites for hydroxylation is 1. The van der Waals surface area contributed by atoms with Crippen LogP contribution in [0.1, 0.15) is 43.4 Å². The summed E-state index contributed by atoms with van der Waals surface area (Å²) in [6, 6.07) is 17.0. The highest BCUT2D eigenvalue weighted by Crippen LogP contribution is 2.24. The van der Waals surface area contributed by atoms with E-state index in [-0.39, 0.29) is 18.4 Å². The molecule has 1 aliphatic rings. The molecular formula is C22H25NO4. The van der Waals surface area contributed by atoms with E-state index in [1.54, 1.807) is 12.1 Å². The predicted molar refractivity (Wildman–Crippen MR) is 102 cm³/mol. The highest BCUT2D eigenvalue weighted by atomic mass is 16.5. The van der Waals surface area contributed by atoms with Crippen molar-refractivity contribution in [1.29, 1.82) is 0 Å². The third kappa shape index (κ3) is 5.58. The van der Waals surface area contributed by atoms with E-state index < -0.39 is 12.1 Å². The number of nitrogens with one attached hydrogen (secondary N) is 1. The van der Waals surface area contributed by atoms with Gasteiger partial charge in [0.25, 0.3) is 5.91 Å². The Labute approximate surface area is 159 Å². The van der Waals surface area contributed by atoms with Gasteiger partial charge in [0.15, 0.2) is 0 Å². The number of carbonyl (C=O) groups excluding carboxylic acids is 2. The summed E-state index contributed by atoms with van der Waals surface area (Å²) < 4.78 is 11.1. The van der Waals surface area contributed by atoms with Gasteiger partial charge in [0.2, 0.25) is 6.10 Å². The fraction of sp³-hybridized carbons (Fsp3) is 0.364. The van der Waals surface area contributed by atoms with Crippen molar-refractivity contribution < 1.29 is 19.1 Å². The molecule has 0 bridgehead atoms. The Kier molecular flexibility index (Phi) is 6.47. The van der Waals surface area contributed by atoms with Crippen LogP contribution in [-0.4, -0.2) is 24.5 Å². The Balaban J connectivity index is 1.63. The van der Waals surface area contributed by atoms with Gasteiger partial charge in [-0.1, -0.05) is 48.5 Å². The van der Waals surface area contributed by atoms with E-state index in [4.69, 9.17) is 9.47 Å². The molecule has 1 N–H and O–H groups in total. The molecule has 0 unspecified atom stereocenters. The van der Waals surface area contributed by atoms with E-state index in [2.05, 4.69) is 5.32 Å². The summed E-state index contributed by atoms with van der Waals surface area (Å²) in [5, 5.41) is 2.92. The third-order valence-electron chi connectivity index (χ3n) is 4.38. The van der Waals surface area contributed by atoms with Crippen molar-refractivity contribution in [3.8, 4) is 5.75 Å². The second-order valence-corrected chi connectivity index (χ2v) is 6.60. The van der Waals surface area contributed by atoms with Gasteiger partial charge in [0.1, 0.15) is 5.75 Å². The number of rotatable bonds is 9. The Morgan fingerprint density at radius 2 is 1.78 bits per heavy atom. The minimum Gasteiger partial charge on any atom is -0.494 e. The van der Waals surface area contributed by atoms with Crippen LogP contribution in [0.2, 0.25) is 0 Å². The monoisotopic (exact) mass is 367 g/mol. The number of hydrogen-bond acceptors (Lipinski definition) is 4. The Hall–Kier alpha value is -2.82. The molecule has 0 spiro atoms. The summed E-state index contributed by atoms with van der Waals surface area (Å²) in [5.41, 5.74) is 1.63. The second kappa shape index (κ2) is 9.21. The van der Waals surface area contributed by atoms with Crippen molar-refractivity contribution in [3.05, 3.63) is 65.7 Å². The van der Waals surface area contributed by atoms with Crippen molar-refractivity contribution >= 4 is 11.9 Å². The maximum Gasteiger partial charge on any atom is 0.307 e. The van der Waals surface area contributed by atoms with Crippen LogP contribution in [0.15, 0.2) is 54.6 Å². The maximum atomic E-state index is 12.5. The Morgan fingerprint density at radius 3 is 2.48 bits per heavy atom. The van der Waals surface area contributed by atoms with Crippen LogP contribution in [0.3, 0.4) is 0 Å². The first-order chi connectivity index (χ1) is 13.2. The molecule has 3 rings (SSSR count). The molecule has 5 heteroatoms. The minimum atomic E-state index is -0.915. The van der Waals surface area contributed by atoms with Gasteiger partial charge < -0.3 is 14.8 Å². The molecule has 1 fully saturated rings. The topological polar surface area (TPSA) is 64.6 Å². The van der Waals surface area contributed by atoms with E-state index in [1.165, 1.54) is 0 Å². The first-order valence-corrected chi connectivity index (χ1v) is 9.43. The molecule has 0 radical (unpaired) electrons. The van der Waals surface area contributed by atoms with E-state index >= 15 is 0 Å². The van der Waals surface area contributed by atoms with Crippen molar-refractivity contribution in [2.24, 2.45) is 0 Å². The number of benzene rings is 2. The van der Waals surface area contributed by atoms with E-state index in [9.17, 15) is 9.59 Å². The standard InChI is InChI=1S/C22H25NO4/c1-2-26-19-11-7-6-8-16(19)12-15-20(24)27-21(17-9-4-3-5-10-17)22(25)23-18-13-14-18/h3-11,18,21H,2,12-15H2,1H3,(H,23,25)/t21-/m0/s1. The van der Waals surface area contributed by atoms with Gasteiger partial charge >= 0.3 is 5.97 Å². The molecule has 1 atom stereocenters. The SMILES string of the molecule is CCOc1ccccc1CCC(=O)O[C@H](C(=O)NC1CC1)c1ccccc1. The fourth-order valence-corrected chi connectivity index (χ4v) is 2.84. The number of ether oxygens (including phenoxy) is 2. The van der Waals surface area contributed by atoms with Gasteiger partial charge in [-0.05, 0) is 37.8 Å². The summed E-state index contributed by atoms with van der Waals surface area (Å²) in [5.74, 6) is 0.117. The Morgan fingerprint density at radius 1 is 1.07 bits per heavy atom. The van der Waals surface area contributed by atoms with Gasteiger partial charge in [0, 0.05) is 18.0 Å². The van der Waals surface area contributed by atoms with Crippen molar-refractivity contribution in [1.82, 2.24) is 5.32 Å². The van der Waals surface area contributed by atoms with Gasteiger partial charge in [-0.25, -0.2) is 0 Å². The Bertz CT molecular complexity index is 771. The lowest BCUT2D eigenvalue weighted by atomic mass is 10.1. The van der Waals surface area contributed by atoms with Gasteiger partial charge in [0.05, 0.1) is 6.61 Å². The summed E-state index contributed by atoms with van der Waals surface area (Å²) in [4.78, 5) is 25.0. The summed E-state index contributed by atoms with van der Waals surface area (Å²) in [6.45, 7) is 2.49. The number of amides is 1. The third-order valence-corrected chi connectivity index (χ3v) is 4.38. The predicted octanol–water partition coefficient (Wildman–Crippen LogP) is 3.58. The first kappa shape index (κ1) is 19.0. The smallest absolute Gasteiger partial charge is 0.307 e. The molecule has 27 heavy (non-hydrogen) atoms. The molecule has 5 nitrogen and oxygen atoms in total. The normalized spacial score (nSPS) is 14.3.